The summed E-state index contributed by atoms with van der Waals surface area (Å²) < 4.78 is 0. The number of nitrogens with one attached hydrogen (secondary N) is 1. The van der Waals surface area contributed by atoms with Gasteiger partial charge in [0.05, 0.1) is 5.69 Å². The SMILES string of the molecule is O=C(CCNC(=O)N1CCc2ccc(Cl)cc21)N1CCCCC1. The van der Waals surface area contributed by atoms with E-state index in [0.29, 0.717) is 24.5 Å². The molecular weight excluding hydrogens is 314 g/mol. The Bertz CT molecular complexity index is 600. The number of benzene rings is 1. The Morgan fingerprint density at radius 3 is 2.70 bits per heavy atom. The van der Waals surface area contributed by atoms with Gasteiger partial charge in [0.15, 0.2) is 0 Å². The van der Waals surface area contributed by atoms with Crippen molar-refractivity contribution >= 4 is 29.2 Å². The van der Waals surface area contributed by atoms with E-state index in [4.69, 9.17) is 11.6 Å². The second-order valence-corrected chi connectivity index (χ2v) is 6.53. The summed E-state index contributed by atoms with van der Waals surface area (Å²) in [6, 6.07) is 5.48. The van der Waals surface area contributed by atoms with Crippen LogP contribution in [0.3, 0.4) is 0 Å². The van der Waals surface area contributed by atoms with Crippen LogP contribution < -0.4 is 10.2 Å². The molecule has 2 aliphatic rings. The van der Waals surface area contributed by atoms with E-state index in [0.717, 1.165) is 43.6 Å². The molecule has 1 fully saturated rings. The van der Waals surface area contributed by atoms with Crippen molar-refractivity contribution < 1.29 is 9.59 Å². The van der Waals surface area contributed by atoms with Crippen LogP contribution in [0.25, 0.3) is 0 Å². The zero-order valence-electron chi connectivity index (χ0n) is 13.2. The molecule has 0 saturated carbocycles. The minimum absolute atomic E-state index is 0.134. The topological polar surface area (TPSA) is 52.7 Å². The molecule has 1 aromatic rings. The zero-order valence-corrected chi connectivity index (χ0v) is 13.9. The van der Waals surface area contributed by atoms with Crippen LogP contribution >= 0.6 is 11.6 Å². The van der Waals surface area contributed by atoms with Crippen LogP contribution in [0.1, 0.15) is 31.2 Å². The van der Waals surface area contributed by atoms with Gasteiger partial charge in [0, 0.05) is 37.6 Å². The Morgan fingerprint density at radius 1 is 1.13 bits per heavy atom. The normalized spacial score (nSPS) is 17.1. The Hall–Kier alpha value is -1.75. The molecule has 6 heteroatoms. The lowest BCUT2D eigenvalue weighted by Gasteiger charge is -2.27. The fourth-order valence-electron chi connectivity index (χ4n) is 3.24. The predicted molar refractivity (Wildman–Crippen MR) is 90.9 cm³/mol. The van der Waals surface area contributed by atoms with Crippen molar-refractivity contribution in [3.8, 4) is 0 Å². The second kappa shape index (κ2) is 7.21. The first-order valence-electron chi connectivity index (χ1n) is 8.27. The number of amides is 3. The highest BCUT2D eigenvalue weighted by Gasteiger charge is 2.25. The quantitative estimate of drug-likeness (QED) is 0.923. The highest BCUT2D eigenvalue weighted by atomic mass is 35.5. The molecule has 0 bridgehead atoms. The van der Waals surface area contributed by atoms with Gasteiger partial charge < -0.3 is 10.2 Å². The van der Waals surface area contributed by atoms with Gasteiger partial charge in [-0.1, -0.05) is 17.7 Å². The number of rotatable bonds is 3. The maximum atomic E-state index is 12.3. The van der Waals surface area contributed by atoms with Gasteiger partial charge in [-0.25, -0.2) is 4.79 Å². The number of fused-ring (bicyclic) bond motifs is 1. The van der Waals surface area contributed by atoms with Crippen LogP contribution in [0.5, 0.6) is 0 Å². The molecule has 0 aromatic heterocycles. The Balaban J connectivity index is 1.49. The molecule has 1 aromatic carbocycles. The average Bonchev–Trinajstić information content (AvgIpc) is 2.98. The molecule has 3 rings (SSSR count). The largest absolute Gasteiger partial charge is 0.343 e. The summed E-state index contributed by atoms with van der Waals surface area (Å²) in [5.74, 6) is 0.134. The van der Waals surface area contributed by atoms with Crippen molar-refractivity contribution in [2.24, 2.45) is 0 Å². The maximum Gasteiger partial charge on any atom is 0.321 e. The van der Waals surface area contributed by atoms with E-state index in [-0.39, 0.29) is 11.9 Å². The number of carbonyl (C=O) groups is 2. The first kappa shape index (κ1) is 16.1. The van der Waals surface area contributed by atoms with Crippen molar-refractivity contribution in [2.45, 2.75) is 32.1 Å². The molecule has 2 aliphatic heterocycles. The van der Waals surface area contributed by atoms with E-state index in [9.17, 15) is 9.59 Å². The average molecular weight is 336 g/mol. The minimum Gasteiger partial charge on any atom is -0.343 e. The summed E-state index contributed by atoms with van der Waals surface area (Å²) in [4.78, 5) is 28.0. The second-order valence-electron chi connectivity index (χ2n) is 6.10. The number of anilines is 1. The molecule has 1 N–H and O–H groups in total. The summed E-state index contributed by atoms with van der Waals surface area (Å²) in [5.41, 5.74) is 2.01. The van der Waals surface area contributed by atoms with Crippen LogP contribution in [0, 0.1) is 0 Å². The highest BCUT2D eigenvalue weighted by molar-refractivity contribution is 6.31. The van der Waals surface area contributed by atoms with E-state index in [2.05, 4.69) is 5.32 Å². The van der Waals surface area contributed by atoms with E-state index in [1.165, 1.54) is 6.42 Å². The Labute approximate surface area is 141 Å². The van der Waals surface area contributed by atoms with E-state index in [1.807, 2.05) is 23.1 Å². The van der Waals surface area contributed by atoms with Gasteiger partial charge in [-0.15, -0.1) is 0 Å². The predicted octanol–water partition coefficient (Wildman–Crippen LogP) is 2.81. The van der Waals surface area contributed by atoms with Gasteiger partial charge in [0.25, 0.3) is 0 Å². The van der Waals surface area contributed by atoms with Gasteiger partial charge in [-0.3, -0.25) is 9.69 Å². The number of piperidine rings is 1. The number of likely N-dealkylation sites (tertiary alicyclic amines) is 1. The fraction of sp³-hybridized carbons (Fsp3) is 0.529. The molecular formula is C17H22ClN3O2. The lowest BCUT2D eigenvalue weighted by atomic mass is 10.1. The van der Waals surface area contributed by atoms with Crippen LogP contribution in [-0.2, 0) is 11.2 Å². The molecule has 0 aliphatic carbocycles. The molecule has 0 spiro atoms. The van der Waals surface area contributed by atoms with Crippen molar-refractivity contribution in [3.05, 3.63) is 28.8 Å². The number of nitrogens with zero attached hydrogens (tertiary/aromatic N) is 2. The van der Waals surface area contributed by atoms with E-state index in [1.54, 1.807) is 4.90 Å². The minimum atomic E-state index is -0.155. The van der Waals surface area contributed by atoms with Crippen molar-refractivity contribution in [1.82, 2.24) is 10.2 Å². The van der Waals surface area contributed by atoms with Crippen LogP contribution in [-0.4, -0.2) is 43.0 Å². The zero-order chi connectivity index (χ0) is 16.2. The van der Waals surface area contributed by atoms with E-state index >= 15 is 0 Å². The molecule has 124 valence electrons. The highest BCUT2D eigenvalue weighted by Crippen LogP contribution is 2.30. The molecule has 23 heavy (non-hydrogen) atoms. The smallest absolute Gasteiger partial charge is 0.321 e. The van der Waals surface area contributed by atoms with Crippen LogP contribution in [0.4, 0.5) is 10.5 Å². The third kappa shape index (κ3) is 3.78. The van der Waals surface area contributed by atoms with Crippen LogP contribution in [0.2, 0.25) is 5.02 Å². The first-order chi connectivity index (χ1) is 11.1. The third-order valence-corrected chi connectivity index (χ3v) is 4.75. The number of urea groups is 1. The van der Waals surface area contributed by atoms with Gasteiger partial charge in [-0.2, -0.15) is 0 Å². The van der Waals surface area contributed by atoms with Crippen LogP contribution in [0.15, 0.2) is 18.2 Å². The number of hydrogen-bond acceptors (Lipinski definition) is 2. The molecule has 0 radical (unpaired) electrons. The summed E-state index contributed by atoms with van der Waals surface area (Å²) in [6.45, 7) is 2.73. The Morgan fingerprint density at radius 2 is 1.91 bits per heavy atom. The summed E-state index contributed by atoms with van der Waals surface area (Å²) in [5, 5.41) is 3.48. The fourth-order valence-corrected chi connectivity index (χ4v) is 3.40. The maximum absolute atomic E-state index is 12.3. The number of halogens is 1. The molecule has 1 saturated heterocycles. The number of hydrogen-bond donors (Lipinski definition) is 1. The third-order valence-electron chi connectivity index (χ3n) is 4.51. The van der Waals surface area contributed by atoms with Crippen molar-refractivity contribution in [2.75, 3.05) is 31.1 Å². The Kier molecular flexibility index (Phi) is 5.06. The summed E-state index contributed by atoms with van der Waals surface area (Å²) in [7, 11) is 0. The van der Waals surface area contributed by atoms with Gasteiger partial charge in [0.2, 0.25) is 5.91 Å². The summed E-state index contributed by atoms with van der Waals surface area (Å²) in [6.07, 6.45) is 4.58. The van der Waals surface area contributed by atoms with Crippen molar-refractivity contribution in [3.63, 3.8) is 0 Å². The van der Waals surface area contributed by atoms with Gasteiger partial charge >= 0.3 is 6.03 Å². The molecule has 3 amide bonds. The van der Waals surface area contributed by atoms with Crippen molar-refractivity contribution in [1.29, 1.82) is 0 Å². The van der Waals surface area contributed by atoms with E-state index < -0.39 is 0 Å². The standard InChI is InChI=1S/C17H22ClN3O2/c18-14-5-4-13-7-11-21(15(13)12-14)17(23)19-8-6-16(22)20-9-2-1-3-10-20/h4-5,12H,1-3,6-11H2,(H,19,23). The first-order valence-corrected chi connectivity index (χ1v) is 8.64. The lowest BCUT2D eigenvalue weighted by Crippen LogP contribution is -2.42. The van der Waals surface area contributed by atoms with Gasteiger partial charge in [0.1, 0.15) is 0 Å². The molecule has 0 unspecified atom stereocenters. The monoisotopic (exact) mass is 335 g/mol. The molecule has 0 atom stereocenters. The summed E-state index contributed by atoms with van der Waals surface area (Å²) >= 11 is 6.02. The number of carbonyl (C=O) groups excluding carboxylic acids is 2. The molecule has 5 nitrogen and oxygen atoms in total. The van der Waals surface area contributed by atoms with Gasteiger partial charge in [-0.05, 0) is 43.4 Å². The molecule has 2 heterocycles. The lowest BCUT2D eigenvalue weighted by molar-refractivity contribution is -0.131.